The molecule has 0 radical (unpaired) electrons. The minimum atomic E-state index is -2.61. The summed E-state index contributed by atoms with van der Waals surface area (Å²) in [5.74, 6) is 0.0623. The lowest BCUT2D eigenvalue weighted by Crippen LogP contribution is -2.30. The van der Waals surface area contributed by atoms with Crippen LogP contribution in [0.5, 0.6) is 0 Å². The lowest BCUT2D eigenvalue weighted by atomic mass is 10.1. The van der Waals surface area contributed by atoms with Crippen LogP contribution in [0.4, 0.5) is 8.78 Å². The summed E-state index contributed by atoms with van der Waals surface area (Å²) < 4.78 is 30.8. The zero-order valence-corrected chi connectivity index (χ0v) is 17.7. The number of fused-ring (bicyclic) bond motifs is 1. The molecule has 1 saturated carbocycles. The summed E-state index contributed by atoms with van der Waals surface area (Å²) in [7, 11) is 1.72. The molecule has 7 nitrogen and oxygen atoms in total. The second kappa shape index (κ2) is 7.77. The highest BCUT2D eigenvalue weighted by atomic mass is 19.3. The molecule has 0 unspecified atom stereocenters. The third-order valence-electron chi connectivity index (χ3n) is 5.78. The van der Waals surface area contributed by atoms with Crippen LogP contribution in [0.1, 0.15) is 60.3 Å². The van der Waals surface area contributed by atoms with Crippen molar-refractivity contribution in [1.29, 1.82) is 0 Å². The van der Waals surface area contributed by atoms with Crippen molar-refractivity contribution in [2.45, 2.75) is 65.6 Å². The Labute approximate surface area is 173 Å². The molecule has 0 spiro atoms. The van der Waals surface area contributed by atoms with Crippen LogP contribution in [0.2, 0.25) is 0 Å². The summed E-state index contributed by atoms with van der Waals surface area (Å²) in [6, 6.07) is 1.51. The first-order chi connectivity index (χ1) is 14.3. The van der Waals surface area contributed by atoms with Gasteiger partial charge in [0.25, 0.3) is 6.43 Å². The molecule has 160 valence electrons. The van der Waals surface area contributed by atoms with Crippen molar-refractivity contribution in [2.24, 2.45) is 0 Å². The fraction of sp³-hybridized carbons (Fsp3) is 0.524. The van der Waals surface area contributed by atoms with E-state index in [9.17, 15) is 13.6 Å². The predicted molar refractivity (Wildman–Crippen MR) is 108 cm³/mol. The van der Waals surface area contributed by atoms with E-state index in [4.69, 9.17) is 0 Å². The summed E-state index contributed by atoms with van der Waals surface area (Å²) in [4.78, 5) is 19.1. The smallest absolute Gasteiger partial charge is 0.264 e. The third-order valence-corrected chi connectivity index (χ3v) is 5.78. The molecule has 1 aliphatic carbocycles. The molecule has 4 rings (SSSR count). The maximum absolute atomic E-state index is 13.7. The van der Waals surface area contributed by atoms with Gasteiger partial charge < -0.3 is 4.90 Å². The fourth-order valence-corrected chi connectivity index (χ4v) is 3.83. The van der Waals surface area contributed by atoms with Crippen molar-refractivity contribution in [3.8, 4) is 0 Å². The quantitative estimate of drug-likeness (QED) is 0.588. The van der Waals surface area contributed by atoms with Crippen LogP contribution in [0, 0.1) is 13.8 Å². The van der Waals surface area contributed by atoms with Crippen LogP contribution in [0.15, 0.2) is 12.3 Å². The maximum atomic E-state index is 13.7. The highest BCUT2D eigenvalue weighted by Gasteiger charge is 2.29. The lowest BCUT2D eigenvalue weighted by molar-refractivity contribution is -0.131. The molecular formula is C21H26F2N6O. The number of carbonyl (C=O) groups excluding carboxylic acids is 1. The van der Waals surface area contributed by atoms with E-state index in [1.807, 2.05) is 18.5 Å². The number of carbonyl (C=O) groups is 1. The normalized spacial score (nSPS) is 14.1. The largest absolute Gasteiger partial charge is 0.340 e. The Kier molecular flexibility index (Phi) is 5.29. The van der Waals surface area contributed by atoms with E-state index in [2.05, 4.69) is 15.2 Å². The number of pyridine rings is 1. The van der Waals surface area contributed by atoms with Crippen LogP contribution in [-0.2, 0) is 24.4 Å². The molecular weight excluding hydrogens is 390 g/mol. The van der Waals surface area contributed by atoms with E-state index in [0.29, 0.717) is 29.0 Å². The Balaban J connectivity index is 1.61. The van der Waals surface area contributed by atoms with E-state index in [1.165, 1.54) is 10.7 Å². The molecule has 3 heterocycles. The van der Waals surface area contributed by atoms with Crippen LogP contribution in [0.3, 0.4) is 0 Å². The highest BCUT2D eigenvalue weighted by Crippen LogP contribution is 2.41. The first-order valence-electron chi connectivity index (χ1n) is 10.2. The molecule has 3 aromatic heterocycles. The van der Waals surface area contributed by atoms with Crippen molar-refractivity contribution in [3.05, 3.63) is 40.5 Å². The average molecular weight is 416 g/mol. The number of amides is 1. The first kappa shape index (κ1) is 20.4. The van der Waals surface area contributed by atoms with Gasteiger partial charge in [-0.05, 0) is 39.7 Å². The van der Waals surface area contributed by atoms with Crippen LogP contribution in [-0.4, -0.2) is 42.4 Å². The molecule has 1 fully saturated rings. The summed E-state index contributed by atoms with van der Waals surface area (Å²) in [6.07, 6.45) is 1.08. The number of rotatable bonds is 7. The zero-order valence-electron chi connectivity index (χ0n) is 17.7. The topological polar surface area (TPSA) is 68.8 Å². The van der Waals surface area contributed by atoms with Gasteiger partial charge in [0.15, 0.2) is 5.65 Å². The molecule has 30 heavy (non-hydrogen) atoms. The number of hydrogen-bond acceptors (Lipinski definition) is 4. The molecule has 0 saturated heterocycles. The Morgan fingerprint density at radius 1 is 1.30 bits per heavy atom. The number of aryl methyl sites for hydroxylation is 2. The molecule has 0 atom stereocenters. The fourth-order valence-electron chi connectivity index (χ4n) is 3.83. The van der Waals surface area contributed by atoms with Gasteiger partial charge in [-0.25, -0.2) is 18.4 Å². The van der Waals surface area contributed by atoms with Gasteiger partial charge in [-0.15, -0.1) is 0 Å². The molecule has 1 aliphatic rings. The first-order valence-corrected chi connectivity index (χ1v) is 10.2. The molecule has 0 N–H and O–H groups in total. The second-order valence-corrected chi connectivity index (χ2v) is 7.97. The molecule has 1 amide bonds. The molecule has 3 aromatic rings. The van der Waals surface area contributed by atoms with Gasteiger partial charge in [-0.2, -0.15) is 10.2 Å². The minimum Gasteiger partial charge on any atom is -0.340 e. The van der Waals surface area contributed by atoms with Gasteiger partial charge >= 0.3 is 0 Å². The van der Waals surface area contributed by atoms with E-state index in [-0.39, 0.29) is 23.9 Å². The Bertz CT molecular complexity index is 1100. The van der Waals surface area contributed by atoms with Crippen molar-refractivity contribution >= 4 is 16.9 Å². The second-order valence-electron chi connectivity index (χ2n) is 7.97. The number of likely N-dealkylation sites (N-methyl/N-ethyl adjacent to an activating group) is 1. The van der Waals surface area contributed by atoms with E-state index in [1.54, 1.807) is 25.1 Å². The van der Waals surface area contributed by atoms with E-state index in [0.717, 1.165) is 30.6 Å². The predicted octanol–water partition coefficient (Wildman–Crippen LogP) is 3.74. The van der Waals surface area contributed by atoms with Crippen LogP contribution >= 0.6 is 0 Å². The molecule has 0 bridgehead atoms. The summed E-state index contributed by atoms with van der Waals surface area (Å²) in [5.41, 5.74) is 3.45. The number of hydrogen-bond donors (Lipinski definition) is 0. The average Bonchev–Trinajstić information content (AvgIpc) is 3.44. The number of alkyl halides is 2. The monoisotopic (exact) mass is 416 g/mol. The zero-order chi connectivity index (χ0) is 21.6. The van der Waals surface area contributed by atoms with E-state index >= 15 is 0 Å². The summed E-state index contributed by atoms with van der Waals surface area (Å²) >= 11 is 0. The van der Waals surface area contributed by atoms with Crippen molar-refractivity contribution in [1.82, 2.24) is 29.4 Å². The molecule has 9 heteroatoms. The van der Waals surface area contributed by atoms with Gasteiger partial charge in [0.05, 0.1) is 17.3 Å². The van der Waals surface area contributed by atoms with Crippen molar-refractivity contribution in [2.75, 3.05) is 7.05 Å². The third kappa shape index (κ3) is 3.68. The number of halogens is 2. The van der Waals surface area contributed by atoms with Crippen molar-refractivity contribution in [3.63, 3.8) is 0 Å². The number of nitrogens with zero attached hydrogens (tertiary/aromatic N) is 6. The standard InChI is InChI=1S/C21H26F2N6O/c1-5-28-13(3)15(9-24-28)10-27(4)18(30)11-29-21-19(12(2)26-29)16(20(22)23)8-17(25-21)14-6-7-14/h8-9,14,20H,5-7,10-11H2,1-4H3. The molecule has 0 aromatic carbocycles. The highest BCUT2D eigenvalue weighted by molar-refractivity contribution is 5.85. The number of aromatic nitrogens is 5. The van der Waals surface area contributed by atoms with Gasteiger partial charge in [0.1, 0.15) is 6.54 Å². The van der Waals surface area contributed by atoms with Gasteiger partial charge in [-0.3, -0.25) is 9.48 Å². The van der Waals surface area contributed by atoms with Gasteiger partial charge in [0.2, 0.25) is 5.91 Å². The van der Waals surface area contributed by atoms with Crippen molar-refractivity contribution < 1.29 is 13.6 Å². The lowest BCUT2D eigenvalue weighted by Gasteiger charge is -2.17. The SMILES string of the molecule is CCn1ncc(CN(C)C(=O)Cn2nc(C)c3c(C(F)F)cc(C4CC4)nc32)c1C. The van der Waals surface area contributed by atoms with Gasteiger partial charge in [0, 0.05) is 48.6 Å². The Hall–Kier alpha value is -2.84. The van der Waals surface area contributed by atoms with Crippen LogP contribution < -0.4 is 0 Å². The Morgan fingerprint density at radius 2 is 2.03 bits per heavy atom. The maximum Gasteiger partial charge on any atom is 0.264 e. The Morgan fingerprint density at radius 3 is 2.63 bits per heavy atom. The van der Waals surface area contributed by atoms with Gasteiger partial charge in [-0.1, -0.05) is 0 Å². The van der Waals surface area contributed by atoms with E-state index < -0.39 is 6.43 Å². The summed E-state index contributed by atoms with van der Waals surface area (Å²) in [6.45, 7) is 6.81. The van der Waals surface area contributed by atoms with Crippen LogP contribution in [0.25, 0.3) is 11.0 Å². The summed E-state index contributed by atoms with van der Waals surface area (Å²) in [5, 5.41) is 9.04. The molecule has 0 aliphatic heterocycles. The minimum absolute atomic E-state index is 0.0472.